The van der Waals surface area contributed by atoms with Crippen molar-refractivity contribution >= 4 is 28.4 Å². The maximum absolute atomic E-state index is 13.9. The quantitative estimate of drug-likeness (QED) is 0.303. The molecule has 0 spiro atoms. The molecule has 4 aromatic rings. The molecule has 0 bridgehead atoms. The van der Waals surface area contributed by atoms with E-state index < -0.39 is 16.7 Å². The molecule has 0 saturated carbocycles. The molecule has 9 heteroatoms. The molecule has 0 aliphatic rings. The summed E-state index contributed by atoms with van der Waals surface area (Å²) >= 11 is 0. The van der Waals surface area contributed by atoms with Crippen molar-refractivity contribution in [2.24, 2.45) is 0 Å². The van der Waals surface area contributed by atoms with E-state index in [-0.39, 0.29) is 23.5 Å². The van der Waals surface area contributed by atoms with Crippen LogP contribution in [-0.4, -0.2) is 21.7 Å². The van der Waals surface area contributed by atoms with Gasteiger partial charge in [-0.1, -0.05) is 30.3 Å². The van der Waals surface area contributed by atoms with Gasteiger partial charge in [0.25, 0.3) is 11.6 Å². The number of halogens is 1. The van der Waals surface area contributed by atoms with Crippen LogP contribution in [0.1, 0.15) is 22.3 Å². The average Bonchev–Trinajstić information content (AvgIpc) is 3.19. The maximum Gasteiger partial charge on any atom is 0.269 e. The Morgan fingerprint density at radius 1 is 0.970 bits per heavy atom. The third-order valence-electron chi connectivity index (χ3n) is 5.19. The first-order valence-electron chi connectivity index (χ1n) is 10.1. The molecular formula is C24H19FN4O4. The third kappa shape index (κ3) is 4.87. The van der Waals surface area contributed by atoms with Gasteiger partial charge in [-0.3, -0.25) is 30.6 Å². The van der Waals surface area contributed by atoms with E-state index in [1.54, 1.807) is 6.07 Å². The molecule has 0 atom stereocenters. The number of hydrogen-bond acceptors (Lipinski definition) is 4. The van der Waals surface area contributed by atoms with Crippen LogP contribution in [0.3, 0.4) is 0 Å². The predicted molar refractivity (Wildman–Crippen MR) is 121 cm³/mol. The summed E-state index contributed by atoms with van der Waals surface area (Å²) in [6.07, 6.45) is 0.358. The molecule has 4 rings (SSSR count). The number of benzene rings is 3. The smallest absolute Gasteiger partial charge is 0.269 e. The Hall–Kier alpha value is -4.53. The predicted octanol–water partition coefficient (Wildman–Crippen LogP) is 4.28. The second-order valence-electron chi connectivity index (χ2n) is 7.34. The van der Waals surface area contributed by atoms with Crippen LogP contribution in [0.15, 0.2) is 72.8 Å². The van der Waals surface area contributed by atoms with E-state index in [1.807, 2.05) is 30.3 Å². The van der Waals surface area contributed by atoms with Crippen LogP contribution in [0, 0.1) is 15.9 Å². The molecular weight excluding hydrogens is 427 g/mol. The highest BCUT2D eigenvalue weighted by Gasteiger charge is 2.16. The lowest BCUT2D eigenvalue weighted by molar-refractivity contribution is -0.384. The minimum atomic E-state index is -0.600. The number of fused-ring (bicyclic) bond motifs is 1. The minimum absolute atomic E-state index is 0.0455. The molecule has 2 amide bonds. The zero-order valence-electron chi connectivity index (χ0n) is 17.3. The normalized spacial score (nSPS) is 10.7. The second-order valence-corrected chi connectivity index (χ2v) is 7.34. The fourth-order valence-corrected chi connectivity index (χ4v) is 3.57. The van der Waals surface area contributed by atoms with Gasteiger partial charge >= 0.3 is 0 Å². The van der Waals surface area contributed by atoms with Gasteiger partial charge in [-0.15, -0.1) is 0 Å². The first-order valence-corrected chi connectivity index (χ1v) is 10.1. The van der Waals surface area contributed by atoms with Crippen LogP contribution < -0.4 is 10.9 Å². The van der Waals surface area contributed by atoms with Crippen LogP contribution in [0.4, 0.5) is 10.1 Å². The largest absolute Gasteiger partial charge is 0.354 e. The molecule has 1 heterocycles. The van der Waals surface area contributed by atoms with Crippen LogP contribution in [0.2, 0.25) is 0 Å². The number of nitrogens with zero attached hydrogens (tertiary/aromatic N) is 1. The molecule has 8 nitrogen and oxygen atoms in total. The lowest BCUT2D eigenvalue weighted by atomic mass is 10.0. The molecule has 33 heavy (non-hydrogen) atoms. The van der Waals surface area contributed by atoms with Crippen molar-refractivity contribution in [3.8, 4) is 11.3 Å². The fraction of sp³-hybridized carbons (Fsp3) is 0.0833. The highest BCUT2D eigenvalue weighted by Crippen LogP contribution is 2.31. The van der Waals surface area contributed by atoms with Crippen LogP contribution in [-0.2, 0) is 11.2 Å². The summed E-state index contributed by atoms with van der Waals surface area (Å²) in [6.45, 7) is 0. The number of amides is 2. The van der Waals surface area contributed by atoms with Gasteiger partial charge in [-0.25, -0.2) is 4.39 Å². The van der Waals surface area contributed by atoms with E-state index in [9.17, 15) is 24.1 Å². The number of rotatable bonds is 6. The molecule has 3 N–H and O–H groups in total. The highest BCUT2D eigenvalue weighted by molar-refractivity contribution is 5.96. The summed E-state index contributed by atoms with van der Waals surface area (Å²) in [5.74, 6) is -1.41. The Labute approximate surface area is 187 Å². The number of nitro benzene ring substituents is 1. The van der Waals surface area contributed by atoms with E-state index in [2.05, 4.69) is 15.8 Å². The summed E-state index contributed by atoms with van der Waals surface area (Å²) in [6, 6.07) is 19.0. The summed E-state index contributed by atoms with van der Waals surface area (Å²) in [5, 5.41) is 11.4. The van der Waals surface area contributed by atoms with Crippen molar-refractivity contribution in [3.63, 3.8) is 0 Å². The number of hydrogen-bond donors (Lipinski definition) is 3. The SMILES string of the molecule is O=C(CCc1c(-c2ccccc2)[nH]c2ccc(F)cc12)NNC(=O)c1ccc([N+](=O)[O-])cc1. The number of nitrogens with one attached hydrogen (secondary N) is 3. The van der Waals surface area contributed by atoms with Gasteiger partial charge in [0.2, 0.25) is 5.91 Å². The lowest BCUT2D eigenvalue weighted by Crippen LogP contribution is -2.41. The van der Waals surface area contributed by atoms with E-state index in [4.69, 9.17) is 0 Å². The van der Waals surface area contributed by atoms with Gasteiger partial charge in [-0.2, -0.15) is 0 Å². The third-order valence-corrected chi connectivity index (χ3v) is 5.19. The number of non-ortho nitro benzene ring substituents is 1. The number of aromatic amines is 1. The molecule has 0 aliphatic carbocycles. The number of hydrazine groups is 1. The Morgan fingerprint density at radius 2 is 1.70 bits per heavy atom. The van der Waals surface area contributed by atoms with Crippen molar-refractivity contribution in [3.05, 3.63) is 99.9 Å². The van der Waals surface area contributed by atoms with Gasteiger partial charge in [0, 0.05) is 40.7 Å². The molecule has 0 aliphatic heterocycles. The summed E-state index contributed by atoms with van der Waals surface area (Å²) in [5.41, 5.74) is 7.94. The standard InChI is InChI=1S/C24H19FN4O4/c25-17-8-12-21-20(14-17)19(23(26-21)15-4-2-1-3-5-15)11-13-22(30)27-28-24(31)16-6-9-18(10-7-16)29(32)33/h1-10,12,14,26H,11,13H2,(H,27,30)(H,28,31). The van der Waals surface area contributed by atoms with Gasteiger partial charge in [0.15, 0.2) is 0 Å². The van der Waals surface area contributed by atoms with Gasteiger partial charge in [0.1, 0.15) is 5.82 Å². The van der Waals surface area contributed by atoms with Crippen molar-refractivity contribution in [1.82, 2.24) is 15.8 Å². The summed E-state index contributed by atoms with van der Waals surface area (Å²) in [7, 11) is 0. The molecule has 1 aromatic heterocycles. The lowest BCUT2D eigenvalue weighted by Gasteiger charge is -2.08. The highest BCUT2D eigenvalue weighted by atomic mass is 19.1. The van der Waals surface area contributed by atoms with Crippen LogP contribution >= 0.6 is 0 Å². The van der Waals surface area contributed by atoms with Crippen molar-refractivity contribution in [1.29, 1.82) is 0 Å². The van der Waals surface area contributed by atoms with E-state index >= 15 is 0 Å². The molecule has 0 saturated heterocycles. The zero-order chi connectivity index (χ0) is 23.4. The summed E-state index contributed by atoms with van der Waals surface area (Å²) < 4.78 is 13.9. The number of carbonyl (C=O) groups is 2. The fourth-order valence-electron chi connectivity index (χ4n) is 3.57. The Balaban J connectivity index is 1.44. The maximum atomic E-state index is 13.9. The van der Waals surface area contributed by atoms with Gasteiger partial charge in [-0.05, 0) is 47.9 Å². The Bertz CT molecular complexity index is 1330. The molecule has 0 fully saturated rings. The number of aromatic nitrogens is 1. The van der Waals surface area contributed by atoms with Crippen molar-refractivity contribution in [2.75, 3.05) is 0 Å². The van der Waals surface area contributed by atoms with E-state index in [0.29, 0.717) is 11.8 Å². The topological polar surface area (TPSA) is 117 Å². The van der Waals surface area contributed by atoms with E-state index in [1.165, 1.54) is 36.4 Å². The monoisotopic (exact) mass is 446 g/mol. The van der Waals surface area contributed by atoms with Crippen molar-refractivity contribution in [2.45, 2.75) is 12.8 Å². The first-order chi connectivity index (χ1) is 15.9. The Kier molecular flexibility index (Phi) is 6.12. The number of carbonyl (C=O) groups excluding carboxylic acids is 2. The molecule has 0 radical (unpaired) electrons. The molecule has 166 valence electrons. The van der Waals surface area contributed by atoms with Gasteiger partial charge in [0.05, 0.1) is 4.92 Å². The average molecular weight is 446 g/mol. The zero-order valence-corrected chi connectivity index (χ0v) is 17.3. The van der Waals surface area contributed by atoms with Crippen LogP contribution in [0.25, 0.3) is 22.2 Å². The van der Waals surface area contributed by atoms with Crippen LogP contribution in [0.5, 0.6) is 0 Å². The minimum Gasteiger partial charge on any atom is -0.354 e. The number of nitro groups is 1. The summed E-state index contributed by atoms with van der Waals surface area (Å²) in [4.78, 5) is 38.0. The number of aryl methyl sites for hydroxylation is 1. The van der Waals surface area contributed by atoms with E-state index in [0.717, 1.165) is 22.3 Å². The molecule has 3 aromatic carbocycles. The number of H-pyrrole nitrogens is 1. The first kappa shape index (κ1) is 21.7. The van der Waals surface area contributed by atoms with Gasteiger partial charge < -0.3 is 4.98 Å². The second kappa shape index (κ2) is 9.31. The molecule has 0 unspecified atom stereocenters. The van der Waals surface area contributed by atoms with Crippen molar-refractivity contribution < 1.29 is 18.9 Å². The Morgan fingerprint density at radius 3 is 2.39 bits per heavy atom.